The van der Waals surface area contributed by atoms with Gasteiger partial charge in [0.05, 0.1) is 22.9 Å². The van der Waals surface area contributed by atoms with E-state index in [4.69, 9.17) is 4.79 Å². The summed E-state index contributed by atoms with van der Waals surface area (Å²) in [6.07, 6.45) is -0.985. The van der Waals surface area contributed by atoms with Crippen molar-refractivity contribution in [3.8, 4) is 11.8 Å². The topological polar surface area (TPSA) is 103 Å². The number of nitrogens with two attached hydrogens (primary N) is 1. The van der Waals surface area contributed by atoms with Gasteiger partial charge in [0.2, 0.25) is 6.41 Å². The Bertz CT molecular complexity index is 1500. The summed E-state index contributed by atoms with van der Waals surface area (Å²) in [6, 6.07) is 13.6. The van der Waals surface area contributed by atoms with Gasteiger partial charge in [-0.2, -0.15) is 13.2 Å². The number of amides is 1. The molecule has 1 saturated heterocycles. The van der Waals surface area contributed by atoms with Crippen LogP contribution >= 0.6 is 0 Å². The Morgan fingerprint density at radius 1 is 1.00 bits per heavy atom. The number of imidazole rings is 1. The molecule has 4 N–H and O–H groups in total. The monoisotopic (exact) mass is 549 g/mol. The fourth-order valence-corrected chi connectivity index (χ4v) is 4.44. The maximum absolute atomic E-state index is 13.9. The number of H-pyrrole nitrogens is 1. The number of primary amides is 1. The van der Waals surface area contributed by atoms with Crippen molar-refractivity contribution in [3.63, 3.8) is 0 Å². The molecule has 4 aromatic rings. The predicted molar refractivity (Wildman–Crippen MR) is 149 cm³/mol. The summed E-state index contributed by atoms with van der Waals surface area (Å²) < 4.78 is 41.8. The van der Waals surface area contributed by atoms with E-state index in [0.29, 0.717) is 17.1 Å². The zero-order chi connectivity index (χ0) is 28.5. The number of rotatable bonds is 5. The van der Waals surface area contributed by atoms with E-state index in [-0.39, 0.29) is 18.5 Å². The van der Waals surface area contributed by atoms with Crippen molar-refractivity contribution >= 4 is 28.9 Å². The van der Waals surface area contributed by atoms with Crippen LogP contribution in [0.2, 0.25) is 0 Å². The zero-order valence-corrected chi connectivity index (χ0v) is 22.0. The minimum atomic E-state index is -4.45. The number of aromatic nitrogens is 3. The lowest BCUT2D eigenvalue weighted by Crippen LogP contribution is -2.45. The molecular formula is C29H30F3N7O. The molecule has 0 aliphatic carbocycles. The first-order chi connectivity index (χ1) is 19.3. The van der Waals surface area contributed by atoms with Gasteiger partial charge in [-0.25, -0.2) is 9.97 Å². The summed E-state index contributed by atoms with van der Waals surface area (Å²) in [6.45, 7) is 6.61. The van der Waals surface area contributed by atoms with Gasteiger partial charge in [0, 0.05) is 55.7 Å². The van der Waals surface area contributed by atoms with E-state index in [1.165, 1.54) is 0 Å². The van der Waals surface area contributed by atoms with Gasteiger partial charge in [0.25, 0.3) is 0 Å². The van der Waals surface area contributed by atoms with Crippen LogP contribution in [0.5, 0.6) is 0 Å². The van der Waals surface area contributed by atoms with Crippen molar-refractivity contribution in [1.29, 1.82) is 0 Å². The Kier molecular flexibility index (Phi) is 9.37. The van der Waals surface area contributed by atoms with Crippen molar-refractivity contribution in [2.75, 3.05) is 38.0 Å². The number of fused-ring (bicyclic) bond motifs is 1. The summed E-state index contributed by atoms with van der Waals surface area (Å²) in [5.74, 6) is 6.62. The minimum Gasteiger partial charge on any atom is -0.372 e. The highest BCUT2D eigenvalue weighted by Gasteiger charge is 2.34. The smallest absolute Gasteiger partial charge is 0.372 e. The van der Waals surface area contributed by atoms with Gasteiger partial charge in [-0.05, 0) is 54.6 Å². The highest BCUT2D eigenvalue weighted by molar-refractivity contribution is 5.76. The Labute approximate surface area is 230 Å². The molecule has 5 rings (SSSR count). The molecule has 11 heteroatoms. The summed E-state index contributed by atoms with van der Waals surface area (Å²) in [5.41, 5.74) is 7.44. The first-order valence-corrected chi connectivity index (χ1v) is 12.8. The Hall–Kier alpha value is -4.40. The minimum absolute atomic E-state index is 0.250. The molecule has 1 aliphatic heterocycles. The Morgan fingerprint density at radius 2 is 1.70 bits per heavy atom. The number of hydrogen-bond donors (Lipinski definition) is 3. The average Bonchev–Trinajstić information content (AvgIpc) is 3.41. The quantitative estimate of drug-likeness (QED) is 0.253. The molecule has 2 aromatic carbocycles. The van der Waals surface area contributed by atoms with Crippen LogP contribution in [-0.4, -0.2) is 63.9 Å². The number of halogens is 3. The van der Waals surface area contributed by atoms with Crippen LogP contribution in [0.3, 0.4) is 0 Å². The number of alkyl halides is 3. The molecule has 2 aromatic heterocycles. The molecule has 0 spiro atoms. The van der Waals surface area contributed by atoms with E-state index in [0.717, 1.165) is 55.4 Å². The summed E-state index contributed by atoms with van der Waals surface area (Å²) in [5, 5.41) is 3.01. The molecule has 0 radical (unpaired) electrons. The second kappa shape index (κ2) is 13.1. The molecule has 3 heterocycles. The number of hydrogen-bond acceptors (Lipinski definition) is 6. The number of nitrogens with one attached hydrogen (secondary N) is 2. The molecule has 0 atom stereocenters. The molecule has 0 saturated carbocycles. The third-order valence-electron chi connectivity index (χ3n) is 6.53. The number of carbonyl (C=O) groups excluding carboxylic acids is 1. The number of carbonyl (C=O) groups is 1. The van der Waals surface area contributed by atoms with Gasteiger partial charge >= 0.3 is 6.18 Å². The molecule has 1 amide bonds. The number of likely N-dealkylation sites (N-methyl/N-ethyl adjacent to an activating group) is 1. The largest absolute Gasteiger partial charge is 0.416 e. The van der Waals surface area contributed by atoms with Crippen LogP contribution in [0.1, 0.15) is 29.2 Å². The molecule has 0 unspecified atom stereocenters. The number of nitrogens with zero attached hydrogens (tertiary/aromatic N) is 4. The van der Waals surface area contributed by atoms with Crippen LogP contribution in [0.25, 0.3) is 11.0 Å². The SMILES string of the molecule is CCN1CCN(Cc2ccc(Nc3cc(C#Cc4ccc5nc[nH]c5c4)ccn3)cc2C(F)(F)F)CC1.NC=O. The van der Waals surface area contributed by atoms with Gasteiger partial charge in [0.1, 0.15) is 5.82 Å². The molecule has 208 valence electrons. The lowest BCUT2D eigenvalue weighted by Gasteiger charge is -2.34. The van der Waals surface area contributed by atoms with Gasteiger partial charge in [-0.15, -0.1) is 0 Å². The Balaban J connectivity index is 0.00000118. The number of benzene rings is 2. The maximum Gasteiger partial charge on any atom is 0.416 e. The predicted octanol–water partition coefficient (Wildman–Crippen LogP) is 4.36. The van der Waals surface area contributed by atoms with Crippen molar-refractivity contribution in [1.82, 2.24) is 24.8 Å². The normalized spacial score (nSPS) is 14.1. The van der Waals surface area contributed by atoms with Gasteiger partial charge in [0.15, 0.2) is 0 Å². The third kappa shape index (κ3) is 7.59. The zero-order valence-electron chi connectivity index (χ0n) is 22.0. The lowest BCUT2D eigenvalue weighted by molar-refractivity contribution is -0.138. The Morgan fingerprint density at radius 3 is 2.40 bits per heavy atom. The van der Waals surface area contributed by atoms with E-state index >= 15 is 0 Å². The third-order valence-corrected chi connectivity index (χ3v) is 6.53. The fraction of sp³-hybridized carbons (Fsp3) is 0.276. The summed E-state index contributed by atoms with van der Waals surface area (Å²) >= 11 is 0. The standard InChI is InChI=1S/C28H27F3N6.CH3NO/c1-2-36-11-13-37(14-12-36)18-22-6-7-23(17-24(22)28(29,30)31)35-27-16-21(9-10-32-27)4-3-20-5-8-25-26(15-20)34-19-33-25;2-1-3/h5-10,15-17,19H,2,11-14,18H2,1H3,(H,32,35)(H,33,34);1H,(H2,2,3). The first kappa shape index (κ1) is 28.6. The molecule has 1 aliphatic rings. The van der Waals surface area contributed by atoms with Crippen LogP contribution in [0, 0.1) is 11.8 Å². The maximum atomic E-state index is 13.9. The molecule has 1 fully saturated rings. The summed E-state index contributed by atoms with van der Waals surface area (Å²) in [7, 11) is 0. The average molecular weight is 550 g/mol. The van der Waals surface area contributed by atoms with Crippen molar-refractivity contribution in [3.05, 3.63) is 83.3 Å². The second-order valence-electron chi connectivity index (χ2n) is 9.16. The van der Waals surface area contributed by atoms with E-state index in [9.17, 15) is 13.2 Å². The van der Waals surface area contributed by atoms with Crippen molar-refractivity contribution in [2.45, 2.75) is 19.6 Å². The van der Waals surface area contributed by atoms with E-state index in [1.54, 1.807) is 36.8 Å². The van der Waals surface area contributed by atoms with E-state index in [2.05, 4.69) is 54.6 Å². The van der Waals surface area contributed by atoms with E-state index in [1.807, 2.05) is 18.2 Å². The highest BCUT2D eigenvalue weighted by atomic mass is 19.4. The van der Waals surface area contributed by atoms with Gasteiger partial charge < -0.3 is 20.9 Å². The van der Waals surface area contributed by atoms with E-state index < -0.39 is 11.7 Å². The van der Waals surface area contributed by atoms with Crippen LogP contribution in [0.15, 0.2) is 61.1 Å². The second-order valence-corrected chi connectivity index (χ2v) is 9.16. The first-order valence-electron chi connectivity index (χ1n) is 12.8. The number of anilines is 2. The summed E-state index contributed by atoms with van der Waals surface area (Å²) in [4.78, 5) is 24.5. The fourth-order valence-electron chi connectivity index (χ4n) is 4.44. The highest BCUT2D eigenvalue weighted by Crippen LogP contribution is 2.35. The molecular weight excluding hydrogens is 519 g/mol. The number of pyridine rings is 1. The van der Waals surface area contributed by atoms with Crippen LogP contribution in [0.4, 0.5) is 24.7 Å². The lowest BCUT2D eigenvalue weighted by atomic mass is 10.0. The van der Waals surface area contributed by atoms with Gasteiger partial charge in [-0.3, -0.25) is 9.69 Å². The van der Waals surface area contributed by atoms with Crippen LogP contribution < -0.4 is 11.1 Å². The molecule has 40 heavy (non-hydrogen) atoms. The molecule has 0 bridgehead atoms. The van der Waals surface area contributed by atoms with Gasteiger partial charge in [-0.1, -0.05) is 24.8 Å². The van der Waals surface area contributed by atoms with Crippen molar-refractivity contribution < 1.29 is 18.0 Å². The number of aromatic amines is 1. The molecule has 8 nitrogen and oxygen atoms in total. The van der Waals surface area contributed by atoms with Crippen molar-refractivity contribution in [2.24, 2.45) is 5.73 Å². The number of piperazine rings is 1. The van der Waals surface area contributed by atoms with Crippen LogP contribution in [-0.2, 0) is 17.5 Å².